The number of aliphatic hydroxyl groups is 2. The summed E-state index contributed by atoms with van der Waals surface area (Å²) in [6.07, 6.45) is 2.72. The first-order chi connectivity index (χ1) is 8.22. The van der Waals surface area contributed by atoms with Gasteiger partial charge in [0.25, 0.3) is 0 Å². The molecule has 0 bridgehead atoms. The first kappa shape index (κ1) is 16.1. The normalized spacial score (nSPS) is 10.2. The summed E-state index contributed by atoms with van der Waals surface area (Å²) in [7, 11) is 0. The summed E-state index contributed by atoms with van der Waals surface area (Å²) in [6.45, 7) is 4.78. The Morgan fingerprint density at radius 1 is 1.00 bits per heavy atom. The summed E-state index contributed by atoms with van der Waals surface area (Å²) in [4.78, 5) is 11.3. The largest absolute Gasteiger partial charge is 0.462 e. The van der Waals surface area contributed by atoms with E-state index in [9.17, 15) is 4.79 Å². The van der Waals surface area contributed by atoms with Gasteiger partial charge in [-0.25, -0.2) is 4.79 Å². The minimum absolute atomic E-state index is 0.104. The van der Waals surface area contributed by atoms with Crippen molar-refractivity contribution in [2.24, 2.45) is 0 Å². The number of hydrogen-bond donors (Lipinski definition) is 2. The molecule has 0 amide bonds. The number of carbonyl (C=O) groups is 1. The maximum atomic E-state index is 11.3. The lowest BCUT2D eigenvalue weighted by atomic mass is 10.3. The van der Waals surface area contributed by atoms with E-state index in [0.29, 0.717) is 32.5 Å². The van der Waals surface area contributed by atoms with Crippen LogP contribution in [0.1, 0.15) is 25.7 Å². The predicted molar refractivity (Wildman–Crippen MR) is 63.6 cm³/mol. The van der Waals surface area contributed by atoms with Crippen molar-refractivity contribution < 1.29 is 24.5 Å². The van der Waals surface area contributed by atoms with Gasteiger partial charge < -0.3 is 19.7 Å². The minimum Gasteiger partial charge on any atom is -0.462 e. The SMILES string of the molecule is C=C(COCCCCO)C(=O)OCCCCO. The molecule has 5 heteroatoms. The molecular formula is C12H22O5. The highest BCUT2D eigenvalue weighted by atomic mass is 16.5. The van der Waals surface area contributed by atoms with E-state index >= 15 is 0 Å². The molecule has 0 aliphatic heterocycles. The van der Waals surface area contributed by atoms with E-state index < -0.39 is 5.97 Å². The van der Waals surface area contributed by atoms with Crippen LogP contribution in [0.15, 0.2) is 12.2 Å². The van der Waals surface area contributed by atoms with E-state index in [0.717, 1.165) is 6.42 Å². The Morgan fingerprint density at radius 2 is 1.59 bits per heavy atom. The Hall–Kier alpha value is -0.910. The lowest BCUT2D eigenvalue weighted by molar-refractivity contribution is -0.139. The van der Waals surface area contributed by atoms with Crippen molar-refractivity contribution in [3.05, 3.63) is 12.2 Å². The number of esters is 1. The van der Waals surface area contributed by atoms with Gasteiger partial charge in [-0.05, 0) is 25.7 Å². The Morgan fingerprint density at radius 3 is 2.18 bits per heavy atom. The van der Waals surface area contributed by atoms with Crippen LogP contribution < -0.4 is 0 Å². The molecule has 2 N–H and O–H groups in total. The maximum absolute atomic E-state index is 11.3. The number of aliphatic hydroxyl groups excluding tert-OH is 2. The summed E-state index contributed by atoms with van der Waals surface area (Å²) in [5.41, 5.74) is 0.290. The summed E-state index contributed by atoms with van der Waals surface area (Å²) < 4.78 is 10.1. The zero-order valence-electron chi connectivity index (χ0n) is 10.2. The molecule has 0 aliphatic rings. The average molecular weight is 246 g/mol. The van der Waals surface area contributed by atoms with Gasteiger partial charge in [-0.2, -0.15) is 0 Å². The van der Waals surface area contributed by atoms with Gasteiger partial charge in [0, 0.05) is 19.8 Å². The van der Waals surface area contributed by atoms with E-state index in [1.54, 1.807) is 0 Å². The smallest absolute Gasteiger partial charge is 0.335 e. The first-order valence-electron chi connectivity index (χ1n) is 5.86. The molecule has 100 valence electrons. The highest BCUT2D eigenvalue weighted by Crippen LogP contribution is 1.99. The van der Waals surface area contributed by atoms with Crippen LogP contribution in [0.25, 0.3) is 0 Å². The van der Waals surface area contributed by atoms with E-state index in [1.807, 2.05) is 0 Å². The van der Waals surface area contributed by atoms with Gasteiger partial charge in [0.1, 0.15) is 0 Å². The molecule has 0 atom stereocenters. The van der Waals surface area contributed by atoms with Crippen LogP contribution in [0.2, 0.25) is 0 Å². The molecule has 0 aromatic rings. The Labute approximate surface area is 102 Å². The van der Waals surface area contributed by atoms with Crippen LogP contribution >= 0.6 is 0 Å². The summed E-state index contributed by atoms with van der Waals surface area (Å²) in [5, 5.41) is 17.1. The van der Waals surface area contributed by atoms with Crippen molar-refractivity contribution in [3.63, 3.8) is 0 Å². The third-order valence-corrected chi connectivity index (χ3v) is 2.05. The Kier molecular flexibility index (Phi) is 11.0. The van der Waals surface area contributed by atoms with Crippen LogP contribution in [-0.4, -0.2) is 49.2 Å². The van der Waals surface area contributed by atoms with Gasteiger partial charge in [0.2, 0.25) is 0 Å². The molecule has 5 nitrogen and oxygen atoms in total. The Bertz CT molecular complexity index is 215. The molecule has 0 fully saturated rings. The second kappa shape index (κ2) is 11.6. The molecule has 17 heavy (non-hydrogen) atoms. The highest BCUT2D eigenvalue weighted by Gasteiger charge is 2.08. The van der Waals surface area contributed by atoms with Crippen LogP contribution in [0, 0.1) is 0 Å². The fraction of sp³-hybridized carbons (Fsp3) is 0.750. The number of carbonyl (C=O) groups excluding carboxylic acids is 1. The molecular weight excluding hydrogens is 224 g/mol. The van der Waals surface area contributed by atoms with Crippen LogP contribution in [0.5, 0.6) is 0 Å². The summed E-state index contributed by atoms with van der Waals surface area (Å²) in [5.74, 6) is -0.454. The fourth-order valence-electron chi connectivity index (χ4n) is 1.05. The van der Waals surface area contributed by atoms with Crippen LogP contribution in [0.3, 0.4) is 0 Å². The Balaban J connectivity index is 3.44. The molecule has 0 spiro atoms. The molecule has 0 saturated heterocycles. The lowest BCUT2D eigenvalue weighted by Crippen LogP contribution is -2.13. The minimum atomic E-state index is -0.454. The van der Waals surface area contributed by atoms with E-state index in [1.165, 1.54) is 0 Å². The maximum Gasteiger partial charge on any atom is 0.335 e. The van der Waals surface area contributed by atoms with Gasteiger partial charge in [0.05, 0.1) is 18.8 Å². The van der Waals surface area contributed by atoms with Gasteiger partial charge >= 0.3 is 5.97 Å². The van der Waals surface area contributed by atoms with Crippen molar-refractivity contribution in [2.75, 3.05) is 33.0 Å². The summed E-state index contributed by atoms with van der Waals surface area (Å²) in [6, 6.07) is 0. The predicted octanol–water partition coefficient (Wildman–Crippen LogP) is 0.647. The summed E-state index contributed by atoms with van der Waals surface area (Å²) >= 11 is 0. The average Bonchev–Trinajstić information content (AvgIpc) is 2.34. The van der Waals surface area contributed by atoms with Crippen LogP contribution in [0.4, 0.5) is 0 Å². The fourth-order valence-corrected chi connectivity index (χ4v) is 1.05. The molecule has 0 saturated carbocycles. The first-order valence-corrected chi connectivity index (χ1v) is 5.86. The number of unbranched alkanes of at least 4 members (excludes halogenated alkanes) is 2. The van der Waals surface area contributed by atoms with Gasteiger partial charge in [-0.3, -0.25) is 0 Å². The second-order valence-electron chi connectivity index (χ2n) is 3.65. The lowest BCUT2D eigenvalue weighted by Gasteiger charge is -2.07. The second-order valence-corrected chi connectivity index (χ2v) is 3.65. The third-order valence-electron chi connectivity index (χ3n) is 2.05. The molecule has 0 aromatic heterocycles. The molecule has 0 radical (unpaired) electrons. The zero-order valence-corrected chi connectivity index (χ0v) is 10.2. The van der Waals surface area contributed by atoms with Crippen molar-refractivity contribution in [3.8, 4) is 0 Å². The van der Waals surface area contributed by atoms with E-state index in [2.05, 4.69) is 6.58 Å². The topological polar surface area (TPSA) is 76.0 Å². The molecule has 0 unspecified atom stereocenters. The van der Waals surface area contributed by atoms with Crippen molar-refractivity contribution in [1.82, 2.24) is 0 Å². The molecule has 0 aliphatic carbocycles. The van der Waals surface area contributed by atoms with Crippen molar-refractivity contribution in [1.29, 1.82) is 0 Å². The monoisotopic (exact) mass is 246 g/mol. The number of ether oxygens (including phenoxy) is 2. The molecule has 0 heterocycles. The van der Waals surface area contributed by atoms with Crippen molar-refractivity contribution in [2.45, 2.75) is 25.7 Å². The van der Waals surface area contributed by atoms with E-state index in [-0.39, 0.29) is 25.4 Å². The van der Waals surface area contributed by atoms with Crippen LogP contribution in [-0.2, 0) is 14.3 Å². The zero-order chi connectivity index (χ0) is 12.9. The standard InChI is InChI=1S/C12H22O5/c1-11(10-16-8-4-2-6-13)12(15)17-9-5-3-7-14/h13-14H,1-10H2. The molecule has 0 aromatic carbocycles. The quantitative estimate of drug-likeness (QED) is 0.318. The van der Waals surface area contributed by atoms with Gasteiger partial charge in [0.15, 0.2) is 0 Å². The third kappa shape index (κ3) is 9.99. The number of hydrogen-bond acceptors (Lipinski definition) is 5. The highest BCUT2D eigenvalue weighted by molar-refractivity contribution is 5.87. The molecule has 0 rings (SSSR count). The van der Waals surface area contributed by atoms with Crippen molar-refractivity contribution >= 4 is 5.97 Å². The number of rotatable bonds is 11. The van der Waals surface area contributed by atoms with E-state index in [4.69, 9.17) is 19.7 Å². The van der Waals surface area contributed by atoms with Gasteiger partial charge in [-0.1, -0.05) is 6.58 Å². The van der Waals surface area contributed by atoms with Gasteiger partial charge in [-0.15, -0.1) is 0 Å².